The van der Waals surface area contributed by atoms with Crippen LogP contribution in [0.5, 0.6) is 0 Å². The lowest BCUT2D eigenvalue weighted by atomic mass is 10.1. The van der Waals surface area contributed by atoms with E-state index < -0.39 is 0 Å². The summed E-state index contributed by atoms with van der Waals surface area (Å²) >= 11 is 0. The van der Waals surface area contributed by atoms with Crippen LogP contribution in [0.3, 0.4) is 0 Å². The van der Waals surface area contributed by atoms with Crippen LogP contribution in [0, 0.1) is 13.8 Å². The maximum absolute atomic E-state index is 12.6. The molecular weight excluding hydrogens is 346 g/mol. The highest BCUT2D eigenvalue weighted by Gasteiger charge is 2.26. The van der Waals surface area contributed by atoms with E-state index in [1.165, 1.54) is 0 Å². The Morgan fingerprint density at radius 2 is 2.04 bits per heavy atom. The first-order chi connectivity index (χ1) is 13.0. The summed E-state index contributed by atoms with van der Waals surface area (Å²) in [5.74, 6) is 0.691. The number of aromatic nitrogens is 1. The van der Waals surface area contributed by atoms with E-state index >= 15 is 0 Å². The summed E-state index contributed by atoms with van der Waals surface area (Å²) in [6.45, 7) is 7.02. The number of carbonyl (C=O) groups is 2. The van der Waals surface area contributed by atoms with Gasteiger partial charge in [-0.15, -0.1) is 0 Å². The van der Waals surface area contributed by atoms with Crippen LogP contribution in [-0.2, 0) is 4.74 Å². The van der Waals surface area contributed by atoms with Gasteiger partial charge in [0, 0.05) is 24.7 Å². The van der Waals surface area contributed by atoms with E-state index in [9.17, 15) is 9.59 Å². The molecule has 1 aromatic carbocycles. The molecule has 7 heteroatoms. The third-order valence-corrected chi connectivity index (χ3v) is 4.63. The van der Waals surface area contributed by atoms with E-state index in [1.807, 2.05) is 31.2 Å². The molecule has 2 aromatic rings. The van der Waals surface area contributed by atoms with Gasteiger partial charge in [0.25, 0.3) is 5.91 Å². The highest BCUT2D eigenvalue weighted by atomic mass is 16.6. The van der Waals surface area contributed by atoms with Gasteiger partial charge in [0.05, 0.1) is 6.61 Å². The minimum atomic E-state index is -0.294. The summed E-state index contributed by atoms with van der Waals surface area (Å²) in [6.07, 6.45) is 1.08. The van der Waals surface area contributed by atoms with E-state index in [0.29, 0.717) is 49.9 Å². The predicted octanol–water partition coefficient (Wildman–Crippen LogP) is 3.31. The van der Waals surface area contributed by atoms with Gasteiger partial charge < -0.3 is 19.4 Å². The average Bonchev–Trinajstić information content (AvgIpc) is 3.04. The van der Waals surface area contributed by atoms with E-state index in [0.717, 1.165) is 11.1 Å². The van der Waals surface area contributed by atoms with E-state index in [1.54, 1.807) is 18.7 Å². The van der Waals surface area contributed by atoms with Crippen molar-refractivity contribution in [1.29, 1.82) is 0 Å². The molecule has 0 aliphatic carbocycles. The van der Waals surface area contributed by atoms with Crippen LogP contribution < -0.4 is 5.32 Å². The molecule has 0 radical (unpaired) electrons. The van der Waals surface area contributed by atoms with Crippen molar-refractivity contribution in [3.8, 4) is 11.5 Å². The zero-order valence-electron chi connectivity index (χ0n) is 15.9. The SMILES string of the molecule is CCOC(=O)N1CCC(NC(=O)c2nc(-c3cccc(C)c3)oc2C)CC1. The van der Waals surface area contributed by atoms with Crippen molar-refractivity contribution >= 4 is 12.0 Å². The molecule has 7 nitrogen and oxygen atoms in total. The van der Waals surface area contributed by atoms with Gasteiger partial charge in [-0.2, -0.15) is 0 Å². The molecule has 1 fully saturated rings. The minimum absolute atomic E-state index is 0.00157. The molecule has 1 saturated heterocycles. The average molecular weight is 371 g/mol. The first-order valence-corrected chi connectivity index (χ1v) is 9.25. The first-order valence-electron chi connectivity index (χ1n) is 9.25. The number of nitrogens with zero attached hydrogens (tertiary/aromatic N) is 2. The summed E-state index contributed by atoms with van der Waals surface area (Å²) in [7, 11) is 0. The van der Waals surface area contributed by atoms with Crippen LogP contribution in [0.2, 0.25) is 0 Å². The molecule has 0 atom stereocenters. The van der Waals surface area contributed by atoms with Crippen molar-refractivity contribution in [3.05, 3.63) is 41.3 Å². The molecule has 2 amide bonds. The Balaban J connectivity index is 1.62. The molecule has 0 spiro atoms. The van der Waals surface area contributed by atoms with Crippen molar-refractivity contribution in [2.24, 2.45) is 0 Å². The third kappa shape index (κ3) is 4.48. The van der Waals surface area contributed by atoms with Crippen LogP contribution in [0.15, 0.2) is 28.7 Å². The van der Waals surface area contributed by atoms with Crippen molar-refractivity contribution in [2.45, 2.75) is 39.7 Å². The number of hydrogen-bond acceptors (Lipinski definition) is 5. The van der Waals surface area contributed by atoms with E-state index in [2.05, 4.69) is 10.3 Å². The summed E-state index contributed by atoms with van der Waals surface area (Å²) < 4.78 is 10.7. The number of oxazole rings is 1. The summed E-state index contributed by atoms with van der Waals surface area (Å²) in [5, 5.41) is 3.00. The number of amides is 2. The lowest BCUT2D eigenvalue weighted by molar-refractivity contribution is 0.0856. The van der Waals surface area contributed by atoms with Crippen molar-refractivity contribution in [2.75, 3.05) is 19.7 Å². The maximum atomic E-state index is 12.6. The summed E-state index contributed by atoms with van der Waals surface area (Å²) in [6, 6.07) is 7.81. The van der Waals surface area contributed by atoms with Gasteiger partial charge in [-0.25, -0.2) is 9.78 Å². The fraction of sp³-hybridized carbons (Fsp3) is 0.450. The molecule has 0 saturated carbocycles. The second kappa shape index (κ2) is 8.24. The monoisotopic (exact) mass is 371 g/mol. The maximum Gasteiger partial charge on any atom is 0.409 e. The number of nitrogens with one attached hydrogen (secondary N) is 1. The Morgan fingerprint density at radius 3 is 2.70 bits per heavy atom. The highest BCUT2D eigenvalue weighted by molar-refractivity contribution is 5.93. The molecule has 1 aromatic heterocycles. The van der Waals surface area contributed by atoms with Gasteiger partial charge in [0.1, 0.15) is 5.76 Å². The number of aryl methyl sites for hydroxylation is 2. The van der Waals surface area contributed by atoms with Crippen LogP contribution >= 0.6 is 0 Å². The number of benzene rings is 1. The van der Waals surface area contributed by atoms with Crippen molar-refractivity contribution in [1.82, 2.24) is 15.2 Å². The number of hydrogen-bond donors (Lipinski definition) is 1. The Hall–Kier alpha value is -2.83. The Kier molecular flexibility index (Phi) is 5.78. The molecule has 1 aliphatic heterocycles. The third-order valence-electron chi connectivity index (χ3n) is 4.63. The second-order valence-corrected chi connectivity index (χ2v) is 6.73. The predicted molar refractivity (Wildman–Crippen MR) is 100 cm³/mol. The first kappa shape index (κ1) is 18.9. The molecule has 27 heavy (non-hydrogen) atoms. The lowest BCUT2D eigenvalue weighted by Crippen LogP contribution is -2.46. The zero-order chi connectivity index (χ0) is 19.4. The normalized spacial score (nSPS) is 14.9. The molecule has 2 heterocycles. The number of likely N-dealkylation sites (tertiary alicyclic amines) is 1. The molecule has 144 valence electrons. The molecule has 1 aliphatic rings. The molecule has 3 rings (SSSR count). The van der Waals surface area contributed by atoms with E-state index in [-0.39, 0.29) is 18.0 Å². The summed E-state index contributed by atoms with van der Waals surface area (Å²) in [4.78, 5) is 30.4. The number of ether oxygens (including phenoxy) is 1. The van der Waals surface area contributed by atoms with Crippen LogP contribution in [-0.4, -0.2) is 47.6 Å². The molecule has 1 N–H and O–H groups in total. The van der Waals surface area contributed by atoms with E-state index in [4.69, 9.17) is 9.15 Å². The smallest absolute Gasteiger partial charge is 0.409 e. The molecule has 0 bridgehead atoms. The quantitative estimate of drug-likeness (QED) is 0.891. The van der Waals surface area contributed by atoms with Gasteiger partial charge >= 0.3 is 6.09 Å². The zero-order valence-corrected chi connectivity index (χ0v) is 15.9. The van der Waals surface area contributed by atoms with Crippen molar-refractivity contribution in [3.63, 3.8) is 0 Å². The number of piperidine rings is 1. The minimum Gasteiger partial charge on any atom is -0.450 e. The highest BCUT2D eigenvalue weighted by Crippen LogP contribution is 2.23. The molecule has 0 unspecified atom stereocenters. The van der Waals surface area contributed by atoms with Crippen molar-refractivity contribution < 1.29 is 18.7 Å². The lowest BCUT2D eigenvalue weighted by Gasteiger charge is -2.31. The van der Waals surface area contributed by atoms with Crippen LogP contribution in [0.4, 0.5) is 4.79 Å². The Morgan fingerprint density at radius 1 is 1.30 bits per heavy atom. The van der Waals surface area contributed by atoms with Gasteiger partial charge in [-0.3, -0.25) is 4.79 Å². The Labute approximate surface area is 158 Å². The van der Waals surface area contributed by atoms with Gasteiger partial charge in [0.15, 0.2) is 5.69 Å². The number of rotatable bonds is 4. The standard InChI is InChI=1S/C20H25N3O4/c1-4-26-20(25)23-10-8-16(9-11-23)21-18(24)17-14(3)27-19(22-17)15-7-5-6-13(2)12-15/h5-7,12,16H,4,8-11H2,1-3H3,(H,21,24). The van der Waals surface area contributed by atoms with Gasteiger partial charge in [0.2, 0.25) is 5.89 Å². The number of carbonyl (C=O) groups excluding carboxylic acids is 2. The second-order valence-electron chi connectivity index (χ2n) is 6.73. The van der Waals surface area contributed by atoms with Gasteiger partial charge in [-0.1, -0.05) is 17.7 Å². The largest absolute Gasteiger partial charge is 0.450 e. The fourth-order valence-corrected chi connectivity index (χ4v) is 3.18. The van der Waals surface area contributed by atoms with Crippen LogP contribution in [0.1, 0.15) is 41.6 Å². The fourth-order valence-electron chi connectivity index (χ4n) is 3.18. The van der Waals surface area contributed by atoms with Gasteiger partial charge in [-0.05, 0) is 45.7 Å². The molecular formula is C20H25N3O4. The Bertz CT molecular complexity index is 822. The topological polar surface area (TPSA) is 84.7 Å². The summed E-state index contributed by atoms with van der Waals surface area (Å²) in [5.41, 5.74) is 2.25. The van der Waals surface area contributed by atoms with Crippen LogP contribution in [0.25, 0.3) is 11.5 Å².